The Morgan fingerprint density at radius 1 is 0.927 bits per heavy atom. The number of nitrogens with zero attached hydrogens (tertiary/aromatic N) is 2. The van der Waals surface area contributed by atoms with Crippen molar-refractivity contribution in [2.75, 3.05) is 13.2 Å². The van der Waals surface area contributed by atoms with Crippen LogP contribution in [0, 0.1) is 0 Å². The molecule has 0 aromatic heterocycles. The van der Waals surface area contributed by atoms with Crippen molar-refractivity contribution in [2.24, 2.45) is 5.10 Å². The molecule has 0 bridgehead atoms. The van der Waals surface area contributed by atoms with E-state index in [0.29, 0.717) is 24.5 Å². The van der Waals surface area contributed by atoms with Gasteiger partial charge in [0.25, 0.3) is 5.91 Å². The number of benzene rings is 2. The summed E-state index contributed by atoms with van der Waals surface area (Å²) >= 11 is 0. The Kier molecular flexibility index (Phi) is 12.6. The number of unbranched alkanes of at least 4 members (excludes halogenated alkanes) is 2. The fourth-order valence-electron chi connectivity index (χ4n) is 3.99. The fourth-order valence-corrected chi connectivity index (χ4v) is 3.99. The SMILES string of the molecule is CC(=O)NN=Cc1ccc(OCCCCCOc2ccc(C(=O)N(C(C)C)C(C)C)c(OC(C)(C)C(=O)O)c2)cc1. The van der Waals surface area contributed by atoms with E-state index in [9.17, 15) is 19.5 Å². The molecule has 2 amide bonds. The van der Waals surface area contributed by atoms with Crippen LogP contribution in [0.5, 0.6) is 17.2 Å². The molecule has 0 radical (unpaired) electrons. The Morgan fingerprint density at radius 3 is 2.02 bits per heavy atom. The zero-order valence-corrected chi connectivity index (χ0v) is 25.1. The van der Waals surface area contributed by atoms with E-state index in [1.165, 1.54) is 20.8 Å². The summed E-state index contributed by atoms with van der Waals surface area (Å²) in [6, 6.07) is 12.2. The molecule has 0 saturated heterocycles. The van der Waals surface area contributed by atoms with E-state index in [4.69, 9.17) is 14.2 Å². The summed E-state index contributed by atoms with van der Waals surface area (Å²) in [4.78, 5) is 37.7. The van der Waals surface area contributed by atoms with Crippen molar-refractivity contribution < 1.29 is 33.7 Å². The molecule has 0 fully saturated rings. The van der Waals surface area contributed by atoms with Gasteiger partial charge in [0, 0.05) is 25.1 Å². The molecule has 2 aromatic carbocycles. The predicted molar refractivity (Wildman–Crippen MR) is 158 cm³/mol. The summed E-state index contributed by atoms with van der Waals surface area (Å²) < 4.78 is 17.5. The number of nitrogens with one attached hydrogen (secondary N) is 1. The van der Waals surface area contributed by atoms with Crippen LogP contribution in [-0.2, 0) is 9.59 Å². The van der Waals surface area contributed by atoms with E-state index in [1.54, 1.807) is 29.3 Å². The van der Waals surface area contributed by atoms with Crippen molar-refractivity contribution in [1.29, 1.82) is 0 Å². The molecule has 2 rings (SSSR count). The minimum atomic E-state index is -1.53. The van der Waals surface area contributed by atoms with Crippen molar-refractivity contribution >= 4 is 24.0 Å². The highest BCUT2D eigenvalue weighted by molar-refractivity contribution is 5.97. The number of aliphatic carboxylic acids is 1. The number of ether oxygens (including phenoxy) is 3. The van der Waals surface area contributed by atoms with E-state index >= 15 is 0 Å². The van der Waals surface area contributed by atoms with Gasteiger partial charge in [-0.2, -0.15) is 5.10 Å². The first kappa shape index (κ1) is 33.1. The van der Waals surface area contributed by atoms with E-state index in [0.717, 1.165) is 30.6 Å². The first-order chi connectivity index (χ1) is 19.3. The van der Waals surface area contributed by atoms with Gasteiger partial charge in [-0.1, -0.05) is 0 Å². The molecule has 0 heterocycles. The molecule has 0 spiro atoms. The van der Waals surface area contributed by atoms with Gasteiger partial charge in [0.15, 0.2) is 5.60 Å². The number of carboxylic acids is 1. The highest BCUT2D eigenvalue weighted by atomic mass is 16.5. The van der Waals surface area contributed by atoms with E-state index in [1.807, 2.05) is 52.0 Å². The highest BCUT2D eigenvalue weighted by Gasteiger charge is 2.32. The molecule has 0 aliphatic heterocycles. The maximum absolute atomic E-state index is 13.4. The minimum absolute atomic E-state index is 0.0438. The third-order valence-electron chi connectivity index (χ3n) is 6.05. The summed E-state index contributed by atoms with van der Waals surface area (Å²) in [5.41, 5.74) is 1.96. The number of carboxylic acid groups (broad SMARTS) is 1. The molecular formula is C31H43N3O7. The first-order valence-electron chi connectivity index (χ1n) is 13.9. The Hall–Kier alpha value is -4.08. The third-order valence-corrected chi connectivity index (χ3v) is 6.05. The number of hydrazone groups is 1. The molecule has 2 aromatic rings. The van der Waals surface area contributed by atoms with Crippen LogP contribution in [0.2, 0.25) is 0 Å². The summed E-state index contributed by atoms with van der Waals surface area (Å²) in [5, 5.41) is 13.4. The smallest absolute Gasteiger partial charge is 0.347 e. The number of hydrogen-bond acceptors (Lipinski definition) is 7. The standard InChI is InChI=1S/C31H43N3O7/c1-21(2)34(22(3)4)29(36)27-16-15-26(19-28(27)41-31(6,7)30(37)38)40-18-10-8-9-17-39-25-13-11-24(12-14-25)20-32-33-23(5)35/h11-16,19-22H,8-10,17-18H2,1-7H3,(H,33,35)(H,37,38). The van der Waals surface area contributed by atoms with Gasteiger partial charge in [-0.25, -0.2) is 10.2 Å². The zero-order chi connectivity index (χ0) is 30.6. The molecule has 0 atom stereocenters. The Labute approximate surface area is 242 Å². The lowest BCUT2D eigenvalue weighted by atomic mass is 10.1. The van der Waals surface area contributed by atoms with Crippen molar-refractivity contribution in [3.05, 3.63) is 53.6 Å². The molecule has 10 nitrogen and oxygen atoms in total. The van der Waals surface area contributed by atoms with Crippen molar-refractivity contribution in [3.8, 4) is 17.2 Å². The average molecular weight is 570 g/mol. The minimum Gasteiger partial charge on any atom is -0.494 e. The van der Waals surface area contributed by atoms with Gasteiger partial charge in [-0.15, -0.1) is 0 Å². The largest absolute Gasteiger partial charge is 0.494 e. The van der Waals surface area contributed by atoms with E-state index in [2.05, 4.69) is 10.5 Å². The van der Waals surface area contributed by atoms with Crippen LogP contribution in [0.1, 0.15) is 83.7 Å². The number of hydrogen-bond donors (Lipinski definition) is 2. The predicted octanol–water partition coefficient (Wildman–Crippen LogP) is 5.29. The Balaban J connectivity index is 1.91. The second-order valence-electron chi connectivity index (χ2n) is 10.7. The van der Waals surface area contributed by atoms with E-state index in [-0.39, 0.29) is 29.6 Å². The molecule has 41 heavy (non-hydrogen) atoms. The maximum Gasteiger partial charge on any atom is 0.347 e. The van der Waals surface area contributed by atoms with Gasteiger partial charge in [0.1, 0.15) is 17.2 Å². The van der Waals surface area contributed by atoms with Gasteiger partial charge in [-0.05, 0) is 103 Å². The quantitative estimate of drug-likeness (QED) is 0.160. The van der Waals surface area contributed by atoms with Crippen LogP contribution in [-0.4, -0.2) is 64.9 Å². The second kappa shape index (κ2) is 15.6. The fraction of sp³-hybridized carbons (Fsp3) is 0.484. The molecule has 224 valence electrons. The molecule has 0 aliphatic rings. The maximum atomic E-state index is 13.4. The van der Waals surface area contributed by atoms with Gasteiger partial charge >= 0.3 is 5.97 Å². The lowest BCUT2D eigenvalue weighted by Gasteiger charge is -2.32. The monoisotopic (exact) mass is 569 g/mol. The van der Waals surface area contributed by atoms with Crippen molar-refractivity contribution in [1.82, 2.24) is 10.3 Å². The lowest BCUT2D eigenvalue weighted by Crippen LogP contribution is -2.43. The zero-order valence-electron chi connectivity index (χ0n) is 25.1. The van der Waals surface area contributed by atoms with Crippen LogP contribution in [0.25, 0.3) is 0 Å². The number of carbonyl (C=O) groups excluding carboxylic acids is 2. The summed E-state index contributed by atoms with van der Waals surface area (Å²) in [6.07, 6.45) is 4.06. The number of carbonyl (C=O) groups is 3. The van der Waals surface area contributed by atoms with Crippen LogP contribution >= 0.6 is 0 Å². The van der Waals surface area contributed by atoms with Crippen molar-refractivity contribution in [2.45, 2.75) is 85.4 Å². The molecule has 2 N–H and O–H groups in total. The highest BCUT2D eigenvalue weighted by Crippen LogP contribution is 2.31. The van der Waals surface area contributed by atoms with Crippen molar-refractivity contribution in [3.63, 3.8) is 0 Å². The lowest BCUT2D eigenvalue weighted by molar-refractivity contribution is -0.152. The summed E-state index contributed by atoms with van der Waals surface area (Å²) in [6.45, 7) is 13.0. The normalized spacial score (nSPS) is 11.5. The van der Waals surface area contributed by atoms with Gasteiger partial charge in [-0.3, -0.25) is 9.59 Å². The number of amides is 2. The average Bonchev–Trinajstić information content (AvgIpc) is 2.88. The molecular weight excluding hydrogens is 526 g/mol. The summed E-state index contributed by atoms with van der Waals surface area (Å²) in [5.74, 6) is -0.178. The Bertz CT molecular complexity index is 1180. The van der Waals surface area contributed by atoms with Gasteiger partial charge < -0.3 is 24.2 Å². The van der Waals surface area contributed by atoms with Crippen LogP contribution in [0.4, 0.5) is 0 Å². The van der Waals surface area contributed by atoms with E-state index < -0.39 is 11.6 Å². The number of rotatable bonds is 16. The molecule has 0 saturated carbocycles. The van der Waals surface area contributed by atoms with Crippen LogP contribution in [0.3, 0.4) is 0 Å². The van der Waals surface area contributed by atoms with Gasteiger partial charge in [0.05, 0.1) is 25.0 Å². The molecule has 0 aliphatic carbocycles. The summed E-state index contributed by atoms with van der Waals surface area (Å²) in [7, 11) is 0. The topological polar surface area (TPSA) is 127 Å². The van der Waals surface area contributed by atoms with Gasteiger partial charge in [0.2, 0.25) is 5.91 Å². The third kappa shape index (κ3) is 10.8. The van der Waals surface area contributed by atoms with Crippen LogP contribution < -0.4 is 19.6 Å². The van der Waals surface area contributed by atoms with Crippen LogP contribution in [0.15, 0.2) is 47.6 Å². The molecule has 10 heteroatoms. The molecule has 0 unspecified atom stereocenters. The second-order valence-corrected chi connectivity index (χ2v) is 10.7. The Morgan fingerprint density at radius 2 is 1.49 bits per heavy atom. The first-order valence-corrected chi connectivity index (χ1v) is 13.9.